The van der Waals surface area contributed by atoms with Crippen molar-refractivity contribution in [2.24, 2.45) is 0 Å². The van der Waals surface area contributed by atoms with Crippen LogP contribution in [-0.4, -0.2) is 29.8 Å². The lowest BCUT2D eigenvalue weighted by Gasteiger charge is -2.08. The van der Waals surface area contributed by atoms with Gasteiger partial charge in [-0.15, -0.1) is 0 Å². The molecular weight excluding hydrogens is 294 g/mol. The number of hydrogen-bond donors (Lipinski definition) is 3. The highest BCUT2D eigenvalue weighted by atomic mass is 16.5. The summed E-state index contributed by atoms with van der Waals surface area (Å²) in [6, 6.07) is 5.06. The summed E-state index contributed by atoms with van der Waals surface area (Å²) < 4.78 is 5.04. The molecule has 0 aliphatic rings. The molecule has 0 spiro atoms. The second-order valence-corrected chi connectivity index (χ2v) is 5.73. The maximum atomic E-state index is 11.8. The molecule has 0 aromatic heterocycles. The van der Waals surface area contributed by atoms with Crippen LogP contribution in [0.5, 0.6) is 11.5 Å². The van der Waals surface area contributed by atoms with Crippen molar-refractivity contribution >= 4 is 5.91 Å². The standard InChI is InChI=1S/C18H29NO4/c1-23-17-13-15(10-11-16(17)21)14-19-18(22)9-7-5-3-2-4-6-8-12-20/h10-11,13,20-21H,2-9,12,14H2,1H3,(H,19,22). The van der Waals surface area contributed by atoms with E-state index in [9.17, 15) is 9.90 Å². The molecule has 23 heavy (non-hydrogen) atoms. The third-order valence-electron chi connectivity index (χ3n) is 3.80. The van der Waals surface area contributed by atoms with E-state index in [2.05, 4.69) is 5.32 Å². The lowest BCUT2D eigenvalue weighted by Crippen LogP contribution is -2.22. The summed E-state index contributed by atoms with van der Waals surface area (Å²) in [6.07, 6.45) is 7.99. The van der Waals surface area contributed by atoms with Gasteiger partial charge in [-0.25, -0.2) is 0 Å². The van der Waals surface area contributed by atoms with E-state index in [0.29, 0.717) is 18.7 Å². The number of unbranched alkanes of at least 4 members (excludes halogenated alkanes) is 6. The zero-order valence-corrected chi connectivity index (χ0v) is 14.0. The molecule has 0 unspecified atom stereocenters. The second-order valence-electron chi connectivity index (χ2n) is 5.73. The molecule has 0 bridgehead atoms. The average molecular weight is 323 g/mol. The molecule has 5 nitrogen and oxygen atoms in total. The van der Waals surface area contributed by atoms with E-state index in [0.717, 1.165) is 44.1 Å². The molecule has 1 aromatic carbocycles. The smallest absolute Gasteiger partial charge is 0.220 e. The van der Waals surface area contributed by atoms with Crippen LogP contribution in [0.1, 0.15) is 56.9 Å². The van der Waals surface area contributed by atoms with Gasteiger partial charge in [0.15, 0.2) is 11.5 Å². The van der Waals surface area contributed by atoms with Crippen molar-refractivity contribution in [3.05, 3.63) is 23.8 Å². The minimum absolute atomic E-state index is 0.0531. The van der Waals surface area contributed by atoms with Crippen LogP contribution in [0.15, 0.2) is 18.2 Å². The zero-order chi connectivity index (χ0) is 16.9. The molecule has 3 N–H and O–H groups in total. The largest absolute Gasteiger partial charge is 0.504 e. The number of phenolic OH excluding ortho intramolecular Hbond substituents is 1. The summed E-state index contributed by atoms with van der Waals surface area (Å²) in [6.45, 7) is 0.726. The minimum atomic E-state index is 0.0531. The Morgan fingerprint density at radius 1 is 1.09 bits per heavy atom. The minimum Gasteiger partial charge on any atom is -0.504 e. The Labute approximate surface area is 138 Å². The van der Waals surface area contributed by atoms with E-state index in [1.54, 1.807) is 18.2 Å². The van der Waals surface area contributed by atoms with E-state index in [1.807, 2.05) is 0 Å². The van der Waals surface area contributed by atoms with Crippen molar-refractivity contribution in [3.8, 4) is 11.5 Å². The van der Waals surface area contributed by atoms with E-state index in [4.69, 9.17) is 9.84 Å². The SMILES string of the molecule is COc1cc(CNC(=O)CCCCCCCCCO)ccc1O. The normalized spacial score (nSPS) is 10.5. The number of aromatic hydroxyl groups is 1. The summed E-state index contributed by atoms with van der Waals surface area (Å²) in [7, 11) is 1.50. The Morgan fingerprint density at radius 2 is 1.74 bits per heavy atom. The third-order valence-corrected chi connectivity index (χ3v) is 3.80. The van der Waals surface area contributed by atoms with Crippen LogP contribution in [-0.2, 0) is 11.3 Å². The van der Waals surface area contributed by atoms with E-state index in [1.165, 1.54) is 13.5 Å². The van der Waals surface area contributed by atoms with Gasteiger partial charge in [0, 0.05) is 19.6 Å². The molecule has 0 aliphatic carbocycles. The number of hydrogen-bond acceptors (Lipinski definition) is 4. The number of carbonyl (C=O) groups excluding carboxylic acids is 1. The highest BCUT2D eigenvalue weighted by Crippen LogP contribution is 2.26. The van der Waals surface area contributed by atoms with Crippen LogP contribution in [0.25, 0.3) is 0 Å². The topological polar surface area (TPSA) is 78.8 Å². The summed E-state index contributed by atoms with van der Waals surface area (Å²) in [5.74, 6) is 0.567. The van der Waals surface area contributed by atoms with Crippen LogP contribution >= 0.6 is 0 Å². The Hall–Kier alpha value is -1.75. The molecule has 5 heteroatoms. The Balaban J connectivity index is 2.10. The van der Waals surface area contributed by atoms with E-state index < -0.39 is 0 Å². The molecule has 1 rings (SSSR count). The third kappa shape index (κ3) is 8.45. The zero-order valence-electron chi connectivity index (χ0n) is 14.0. The van der Waals surface area contributed by atoms with Crippen LogP contribution in [0.4, 0.5) is 0 Å². The van der Waals surface area contributed by atoms with E-state index >= 15 is 0 Å². The highest BCUT2D eigenvalue weighted by Gasteiger charge is 2.05. The predicted molar refractivity (Wildman–Crippen MR) is 90.5 cm³/mol. The van der Waals surface area contributed by atoms with Crippen molar-refractivity contribution in [3.63, 3.8) is 0 Å². The van der Waals surface area contributed by atoms with Crippen molar-refractivity contribution in [2.75, 3.05) is 13.7 Å². The van der Waals surface area contributed by atoms with Crippen LogP contribution < -0.4 is 10.1 Å². The highest BCUT2D eigenvalue weighted by molar-refractivity contribution is 5.75. The number of aliphatic hydroxyl groups is 1. The van der Waals surface area contributed by atoms with Gasteiger partial charge in [0.2, 0.25) is 5.91 Å². The Bertz CT molecular complexity index is 462. The lowest BCUT2D eigenvalue weighted by atomic mass is 10.1. The first kappa shape index (κ1) is 19.3. The number of methoxy groups -OCH3 is 1. The maximum Gasteiger partial charge on any atom is 0.220 e. The Morgan fingerprint density at radius 3 is 2.39 bits per heavy atom. The summed E-state index contributed by atoms with van der Waals surface area (Å²) in [4.78, 5) is 11.8. The first-order chi connectivity index (χ1) is 11.2. The van der Waals surface area contributed by atoms with Crippen LogP contribution in [0.3, 0.4) is 0 Å². The van der Waals surface area contributed by atoms with Gasteiger partial charge in [-0.3, -0.25) is 4.79 Å². The van der Waals surface area contributed by atoms with Gasteiger partial charge in [-0.1, -0.05) is 38.2 Å². The average Bonchev–Trinajstić information content (AvgIpc) is 2.56. The summed E-state index contributed by atoms with van der Waals surface area (Å²) >= 11 is 0. The monoisotopic (exact) mass is 323 g/mol. The fourth-order valence-electron chi connectivity index (χ4n) is 2.40. The fraction of sp³-hybridized carbons (Fsp3) is 0.611. The predicted octanol–water partition coefficient (Wildman–Crippen LogP) is 3.13. The molecule has 1 aromatic rings. The number of phenols is 1. The van der Waals surface area contributed by atoms with Gasteiger partial charge < -0.3 is 20.3 Å². The summed E-state index contributed by atoms with van der Waals surface area (Å²) in [5.41, 5.74) is 0.900. The number of aliphatic hydroxyl groups excluding tert-OH is 1. The molecule has 130 valence electrons. The van der Waals surface area contributed by atoms with Crippen molar-refractivity contribution < 1.29 is 19.7 Å². The van der Waals surface area contributed by atoms with Crippen LogP contribution in [0, 0.1) is 0 Å². The molecule has 0 radical (unpaired) electrons. The van der Waals surface area contributed by atoms with Gasteiger partial charge in [-0.2, -0.15) is 0 Å². The van der Waals surface area contributed by atoms with Crippen molar-refractivity contribution in [1.82, 2.24) is 5.32 Å². The van der Waals surface area contributed by atoms with Gasteiger partial charge in [0.05, 0.1) is 7.11 Å². The molecule has 0 heterocycles. The lowest BCUT2D eigenvalue weighted by molar-refractivity contribution is -0.121. The fourth-order valence-corrected chi connectivity index (χ4v) is 2.40. The molecule has 0 saturated heterocycles. The van der Waals surface area contributed by atoms with Gasteiger partial charge >= 0.3 is 0 Å². The first-order valence-electron chi connectivity index (χ1n) is 8.41. The molecule has 0 fully saturated rings. The molecular formula is C18H29NO4. The van der Waals surface area contributed by atoms with Crippen LogP contribution in [0.2, 0.25) is 0 Å². The first-order valence-corrected chi connectivity index (χ1v) is 8.41. The molecule has 0 aliphatic heterocycles. The number of amides is 1. The molecule has 0 atom stereocenters. The summed E-state index contributed by atoms with van der Waals surface area (Å²) in [5, 5.41) is 21.1. The number of rotatable bonds is 12. The second kappa shape index (κ2) is 11.8. The maximum absolute atomic E-state index is 11.8. The number of benzene rings is 1. The van der Waals surface area contributed by atoms with Crippen molar-refractivity contribution in [2.45, 2.75) is 57.9 Å². The number of ether oxygens (including phenoxy) is 1. The van der Waals surface area contributed by atoms with Crippen molar-refractivity contribution in [1.29, 1.82) is 0 Å². The number of carbonyl (C=O) groups is 1. The van der Waals surface area contributed by atoms with Gasteiger partial charge in [0.25, 0.3) is 0 Å². The molecule has 0 saturated carbocycles. The van der Waals surface area contributed by atoms with Gasteiger partial charge in [-0.05, 0) is 30.5 Å². The van der Waals surface area contributed by atoms with E-state index in [-0.39, 0.29) is 18.3 Å². The van der Waals surface area contributed by atoms with Gasteiger partial charge in [0.1, 0.15) is 0 Å². The molecule has 1 amide bonds. The quantitative estimate of drug-likeness (QED) is 0.516. The number of nitrogens with one attached hydrogen (secondary N) is 1. The Kier molecular flexibility index (Phi) is 9.87.